The van der Waals surface area contributed by atoms with E-state index in [2.05, 4.69) is 9.88 Å². The van der Waals surface area contributed by atoms with Gasteiger partial charge in [0.15, 0.2) is 0 Å². The Kier molecular flexibility index (Phi) is 3.06. The molecular weight excluding hydrogens is 270 g/mol. The van der Waals surface area contributed by atoms with Crippen LogP contribution >= 0.6 is 0 Å². The number of nitrogens with zero attached hydrogens (tertiary/aromatic N) is 3. The van der Waals surface area contributed by atoms with E-state index < -0.39 is 5.60 Å². The van der Waals surface area contributed by atoms with Gasteiger partial charge in [0, 0.05) is 42.1 Å². The molecule has 0 amide bonds. The van der Waals surface area contributed by atoms with Crippen molar-refractivity contribution in [3.8, 4) is 0 Å². The first kappa shape index (κ1) is 13.8. The molecule has 0 saturated carbocycles. The molecule has 3 rings (SSSR count). The minimum Gasteiger partial charge on any atom is -0.388 e. The number of benzene rings is 1. The Balaban J connectivity index is 2.18. The van der Waals surface area contributed by atoms with Crippen LogP contribution in [0, 0.1) is 17.0 Å². The van der Waals surface area contributed by atoms with Gasteiger partial charge in [-0.05, 0) is 32.4 Å². The van der Waals surface area contributed by atoms with Gasteiger partial charge in [0.2, 0.25) is 0 Å². The van der Waals surface area contributed by atoms with Crippen molar-refractivity contribution in [3.63, 3.8) is 0 Å². The zero-order chi connectivity index (χ0) is 15.2. The maximum Gasteiger partial charge on any atom is 0.278 e. The van der Waals surface area contributed by atoms with Crippen LogP contribution < -0.4 is 4.90 Å². The maximum absolute atomic E-state index is 11.2. The van der Waals surface area contributed by atoms with Gasteiger partial charge in [0.1, 0.15) is 0 Å². The van der Waals surface area contributed by atoms with Crippen molar-refractivity contribution in [2.45, 2.75) is 25.9 Å². The molecule has 1 aromatic carbocycles. The number of hydrogen-bond acceptors (Lipinski definition) is 5. The number of hydrogen-bond donors (Lipinski definition) is 1. The van der Waals surface area contributed by atoms with Gasteiger partial charge in [-0.3, -0.25) is 15.1 Å². The van der Waals surface area contributed by atoms with Crippen LogP contribution in [-0.4, -0.2) is 33.7 Å². The van der Waals surface area contributed by atoms with Gasteiger partial charge in [-0.1, -0.05) is 0 Å². The molecule has 0 spiro atoms. The fraction of sp³-hybridized carbons (Fsp3) is 0.400. The normalized spacial score (nSPS) is 22.0. The van der Waals surface area contributed by atoms with Crippen LogP contribution in [0.5, 0.6) is 0 Å². The van der Waals surface area contributed by atoms with E-state index in [1.165, 1.54) is 6.07 Å². The van der Waals surface area contributed by atoms with Crippen LogP contribution in [0.1, 0.15) is 19.0 Å². The third-order valence-corrected chi connectivity index (χ3v) is 3.98. The molecular formula is C15H17N3O3. The number of fused-ring (bicyclic) bond motifs is 1. The predicted molar refractivity (Wildman–Crippen MR) is 80.6 cm³/mol. The standard InChI is InChI=1S/C15H17N3O3/c1-10-7-11-12(8-16-10)14(18(20)21)4-3-13(11)17-6-5-15(2,19)9-17/h3-4,7-8,19H,5-6,9H2,1-2H3. The number of nitro benzene ring substituents is 1. The summed E-state index contributed by atoms with van der Waals surface area (Å²) in [6.07, 6.45) is 2.25. The largest absolute Gasteiger partial charge is 0.388 e. The van der Waals surface area contributed by atoms with E-state index in [1.807, 2.05) is 19.9 Å². The summed E-state index contributed by atoms with van der Waals surface area (Å²) in [7, 11) is 0. The lowest BCUT2D eigenvalue weighted by Crippen LogP contribution is -2.29. The Hall–Kier alpha value is -2.21. The van der Waals surface area contributed by atoms with Gasteiger partial charge in [-0.15, -0.1) is 0 Å². The van der Waals surface area contributed by atoms with Gasteiger partial charge < -0.3 is 10.0 Å². The summed E-state index contributed by atoms with van der Waals surface area (Å²) >= 11 is 0. The van der Waals surface area contributed by atoms with Crippen molar-refractivity contribution in [3.05, 3.63) is 40.2 Å². The first-order valence-electron chi connectivity index (χ1n) is 6.88. The number of aliphatic hydroxyl groups is 1. The van der Waals surface area contributed by atoms with Crippen molar-refractivity contribution >= 4 is 22.1 Å². The minimum atomic E-state index is -0.712. The molecule has 0 aliphatic carbocycles. The first-order valence-corrected chi connectivity index (χ1v) is 6.88. The molecule has 1 saturated heterocycles. The molecule has 2 heterocycles. The van der Waals surface area contributed by atoms with Crippen LogP contribution in [-0.2, 0) is 0 Å². The SMILES string of the molecule is Cc1cc2c(N3CCC(C)(O)C3)ccc([N+](=O)[O-])c2cn1. The van der Waals surface area contributed by atoms with E-state index in [1.54, 1.807) is 12.3 Å². The number of aromatic nitrogens is 1. The van der Waals surface area contributed by atoms with Crippen molar-refractivity contribution in [1.29, 1.82) is 0 Å². The molecule has 110 valence electrons. The van der Waals surface area contributed by atoms with E-state index >= 15 is 0 Å². The summed E-state index contributed by atoms with van der Waals surface area (Å²) in [4.78, 5) is 17.0. The third kappa shape index (κ3) is 2.42. The maximum atomic E-state index is 11.2. The molecule has 1 aromatic heterocycles. The average molecular weight is 287 g/mol. The summed E-state index contributed by atoms with van der Waals surface area (Å²) in [6, 6.07) is 5.15. The molecule has 1 aliphatic rings. The number of nitro groups is 1. The smallest absolute Gasteiger partial charge is 0.278 e. The van der Waals surface area contributed by atoms with Gasteiger partial charge in [-0.25, -0.2) is 0 Å². The second-order valence-electron chi connectivity index (χ2n) is 5.90. The fourth-order valence-electron chi connectivity index (χ4n) is 2.90. The molecule has 1 fully saturated rings. The fourth-order valence-corrected chi connectivity index (χ4v) is 2.90. The summed E-state index contributed by atoms with van der Waals surface area (Å²) in [5.41, 5.74) is 1.08. The average Bonchev–Trinajstić information content (AvgIpc) is 2.77. The van der Waals surface area contributed by atoms with Crippen molar-refractivity contribution < 1.29 is 10.0 Å². The zero-order valence-electron chi connectivity index (χ0n) is 12.0. The highest BCUT2D eigenvalue weighted by Crippen LogP contribution is 2.36. The molecule has 0 radical (unpaired) electrons. The van der Waals surface area contributed by atoms with Crippen LogP contribution in [0.4, 0.5) is 11.4 Å². The minimum absolute atomic E-state index is 0.0622. The molecule has 1 unspecified atom stereocenters. The van der Waals surface area contributed by atoms with E-state index in [-0.39, 0.29) is 10.6 Å². The molecule has 6 nitrogen and oxygen atoms in total. The van der Waals surface area contributed by atoms with E-state index in [0.717, 1.165) is 23.3 Å². The van der Waals surface area contributed by atoms with E-state index in [0.29, 0.717) is 18.4 Å². The number of aryl methyl sites for hydroxylation is 1. The van der Waals surface area contributed by atoms with Crippen LogP contribution in [0.25, 0.3) is 10.8 Å². The highest BCUT2D eigenvalue weighted by atomic mass is 16.6. The van der Waals surface area contributed by atoms with Crippen LogP contribution in [0.15, 0.2) is 24.4 Å². The molecule has 6 heteroatoms. The molecule has 21 heavy (non-hydrogen) atoms. The van der Waals surface area contributed by atoms with E-state index in [4.69, 9.17) is 0 Å². The molecule has 1 aliphatic heterocycles. The molecule has 1 N–H and O–H groups in total. The Labute approximate surface area is 122 Å². The Morgan fingerprint density at radius 3 is 2.81 bits per heavy atom. The highest BCUT2D eigenvalue weighted by molar-refractivity contribution is 5.99. The summed E-state index contributed by atoms with van der Waals surface area (Å²) < 4.78 is 0. The highest BCUT2D eigenvalue weighted by Gasteiger charge is 2.32. The summed E-state index contributed by atoms with van der Waals surface area (Å²) in [6.45, 7) is 4.94. The van der Waals surface area contributed by atoms with Gasteiger partial charge in [-0.2, -0.15) is 0 Å². The number of non-ortho nitro benzene ring substituents is 1. The first-order chi connectivity index (χ1) is 9.87. The topological polar surface area (TPSA) is 79.5 Å². The van der Waals surface area contributed by atoms with Gasteiger partial charge in [0.25, 0.3) is 5.69 Å². The van der Waals surface area contributed by atoms with Crippen molar-refractivity contribution in [1.82, 2.24) is 4.98 Å². The monoisotopic (exact) mass is 287 g/mol. The quantitative estimate of drug-likeness (QED) is 0.677. The Morgan fingerprint density at radius 2 is 2.19 bits per heavy atom. The van der Waals surface area contributed by atoms with Gasteiger partial charge >= 0.3 is 0 Å². The van der Waals surface area contributed by atoms with E-state index in [9.17, 15) is 15.2 Å². The van der Waals surface area contributed by atoms with Crippen molar-refractivity contribution in [2.24, 2.45) is 0 Å². The second kappa shape index (κ2) is 4.66. The third-order valence-electron chi connectivity index (χ3n) is 3.98. The number of β-amino-alcohol motifs (C(OH)–C–C–N with tert-alkyl or cyclic N) is 1. The summed E-state index contributed by atoms with van der Waals surface area (Å²) in [5, 5.41) is 22.6. The van der Waals surface area contributed by atoms with Crippen molar-refractivity contribution in [2.75, 3.05) is 18.0 Å². The summed E-state index contributed by atoms with van der Waals surface area (Å²) in [5.74, 6) is 0. The molecule has 1 atom stereocenters. The number of pyridine rings is 1. The lowest BCUT2D eigenvalue weighted by Gasteiger charge is -2.22. The lowest BCUT2D eigenvalue weighted by molar-refractivity contribution is -0.383. The lowest BCUT2D eigenvalue weighted by atomic mass is 10.1. The molecule has 2 aromatic rings. The van der Waals surface area contributed by atoms with Crippen LogP contribution in [0.3, 0.4) is 0 Å². The Bertz CT molecular complexity index is 727. The second-order valence-corrected chi connectivity index (χ2v) is 5.90. The predicted octanol–water partition coefficient (Wildman–Crippen LogP) is 2.41. The molecule has 0 bridgehead atoms. The van der Waals surface area contributed by atoms with Crippen LogP contribution in [0.2, 0.25) is 0 Å². The number of anilines is 1. The van der Waals surface area contributed by atoms with Gasteiger partial charge in [0.05, 0.1) is 15.9 Å². The zero-order valence-corrected chi connectivity index (χ0v) is 12.0. The Morgan fingerprint density at radius 1 is 1.43 bits per heavy atom. The number of rotatable bonds is 2.